The topological polar surface area (TPSA) is 33.3 Å². The second kappa shape index (κ2) is 12.6. The molecule has 3 rings (SSSR count). The third-order valence-electron chi connectivity index (χ3n) is 4.32. The molecule has 3 nitrogen and oxygen atoms in total. The Morgan fingerprint density at radius 3 is 2.21 bits per heavy atom. The molecule has 0 radical (unpaired) electrons. The SMILES string of the molecule is CC.COc1cccc(CCNCc2cccc(NCc3ccccc3)c2)c1. The normalized spacial score (nSPS) is 9.96. The van der Waals surface area contributed by atoms with Crippen LogP contribution in [0.3, 0.4) is 0 Å². The summed E-state index contributed by atoms with van der Waals surface area (Å²) in [4.78, 5) is 0. The van der Waals surface area contributed by atoms with Crippen molar-refractivity contribution in [3.8, 4) is 5.75 Å². The van der Waals surface area contributed by atoms with E-state index in [-0.39, 0.29) is 0 Å². The van der Waals surface area contributed by atoms with Gasteiger partial charge in [-0.05, 0) is 53.9 Å². The smallest absolute Gasteiger partial charge is 0.119 e. The quantitative estimate of drug-likeness (QED) is 0.472. The molecule has 3 heteroatoms. The zero-order valence-corrected chi connectivity index (χ0v) is 17.2. The Bertz CT molecular complexity index is 802. The van der Waals surface area contributed by atoms with Crippen molar-refractivity contribution in [3.05, 3.63) is 95.6 Å². The third kappa shape index (κ3) is 7.45. The van der Waals surface area contributed by atoms with Gasteiger partial charge in [0.05, 0.1) is 7.11 Å². The van der Waals surface area contributed by atoms with Crippen molar-refractivity contribution in [1.82, 2.24) is 5.32 Å². The Labute approximate surface area is 169 Å². The molecule has 0 aliphatic rings. The molecule has 0 saturated heterocycles. The summed E-state index contributed by atoms with van der Waals surface area (Å²) in [6.45, 7) is 6.65. The predicted octanol–water partition coefficient (Wildman–Crippen LogP) is 5.67. The van der Waals surface area contributed by atoms with Gasteiger partial charge < -0.3 is 15.4 Å². The van der Waals surface area contributed by atoms with Gasteiger partial charge in [-0.3, -0.25) is 0 Å². The fourth-order valence-electron chi connectivity index (χ4n) is 2.88. The molecule has 0 bridgehead atoms. The Morgan fingerprint density at radius 1 is 0.714 bits per heavy atom. The Kier molecular flexibility index (Phi) is 9.67. The van der Waals surface area contributed by atoms with Crippen LogP contribution >= 0.6 is 0 Å². The van der Waals surface area contributed by atoms with Crippen LogP contribution in [0.15, 0.2) is 78.9 Å². The number of methoxy groups -OCH3 is 1. The summed E-state index contributed by atoms with van der Waals surface area (Å²) >= 11 is 0. The van der Waals surface area contributed by atoms with Crippen LogP contribution in [0.2, 0.25) is 0 Å². The zero-order chi connectivity index (χ0) is 20.0. The van der Waals surface area contributed by atoms with Crippen molar-refractivity contribution < 1.29 is 4.74 Å². The molecule has 3 aromatic carbocycles. The minimum absolute atomic E-state index is 0.841. The van der Waals surface area contributed by atoms with Crippen molar-refractivity contribution in [1.29, 1.82) is 0 Å². The summed E-state index contributed by atoms with van der Waals surface area (Å²) in [5.74, 6) is 0.916. The number of benzene rings is 3. The van der Waals surface area contributed by atoms with Gasteiger partial charge in [0.15, 0.2) is 0 Å². The minimum atomic E-state index is 0.841. The zero-order valence-electron chi connectivity index (χ0n) is 17.2. The lowest BCUT2D eigenvalue weighted by Crippen LogP contribution is -2.16. The molecule has 148 valence electrons. The lowest BCUT2D eigenvalue weighted by atomic mass is 10.1. The van der Waals surface area contributed by atoms with Gasteiger partial charge in [-0.2, -0.15) is 0 Å². The molecule has 0 aromatic heterocycles. The molecule has 0 fully saturated rings. The van der Waals surface area contributed by atoms with E-state index in [0.29, 0.717) is 0 Å². The molecular formula is C25H32N2O. The Hall–Kier alpha value is -2.78. The monoisotopic (exact) mass is 376 g/mol. The average molecular weight is 377 g/mol. The lowest BCUT2D eigenvalue weighted by Gasteiger charge is -2.10. The fraction of sp³-hybridized carbons (Fsp3) is 0.280. The van der Waals surface area contributed by atoms with Crippen LogP contribution in [0, 0.1) is 0 Å². The fourth-order valence-corrected chi connectivity index (χ4v) is 2.88. The maximum atomic E-state index is 5.27. The van der Waals surface area contributed by atoms with Gasteiger partial charge >= 0.3 is 0 Å². The maximum Gasteiger partial charge on any atom is 0.119 e. The first-order chi connectivity index (χ1) is 13.8. The number of hydrogen-bond acceptors (Lipinski definition) is 3. The van der Waals surface area contributed by atoms with E-state index in [0.717, 1.165) is 37.5 Å². The van der Waals surface area contributed by atoms with Gasteiger partial charge in [-0.25, -0.2) is 0 Å². The second-order valence-corrected chi connectivity index (χ2v) is 6.32. The van der Waals surface area contributed by atoms with Crippen LogP contribution in [0.4, 0.5) is 5.69 Å². The first-order valence-corrected chi connectivity index (χ1v) is 10.0. The highest BCUT2D eigenvalue weighted by molar-refractivity contribution is 5.46. The first-order valence-electron chi connectivity index (χ1n) is 10.0. The van der Waals surface area contributed by atoms with Gasteiger partial charge in [0.1, 0.15) is 5.75 Å². The van der Waals surface area contributed by atoms with E-state index in [1.165, 1.54) is 16.7 Å². The summed E-state index contributed by atoms with van der Waals surface area (Å²) in [6, 6.07) is 27.3. The van der Waals surface area contributed by atoms with E-state index in [9.17, 15) is 0 Å². The van der Waals surface area contributed by atoms with Crippen molar-refractivity contribution in [2.24, 2.45) is 0 Å². The summed E-state index contributed by atoms with van der Waals surface area (Å²) in [5, 5.41) is 7.01. The highest BCUT2D eigenvalue weighted by atomic mass is 16.5. The van der Waals surface area contributed by atoms with Crippen molar-refractivity contribution in [2.75, 3.05) is 19.0 Å². The highest BCUT2D eigenvalue weighted by Gasteiger charge is 1.99. The van der Waals surface area contributed by atoms with Gasteiger partial charge in [0.25, 0.3) is 0 Å². The molecule has 0 spiro atoms. The molecule has 0 unspecified atom stereocenters. The van der Waals surface area contributed by atoms with Gasteiger partial charge in [0, 0.05) is 18.8 Å². The summed E-state index contributed by atoms with van der Waals surface area (Å²) in [5.41, 5.74) is 5.01. The number of rotatable bonds is 9. The molecule has 3 aromatic rings. The molecule has 0 heterocycles. The minimum Gasteiger partial charge on any atom is -0.497 e. The standard InChI is InChI=1S/C23H26N2O.C2H6/c1-26-23-12-6-9-19(16-23)13-14-24-17-21-10-5-11-22(15-21)25-18-20-7-3-2-4-8-20;1-2/h2-12,15-16,24-25H,13-14,17-18H2,1H3;1-2H3. The largest absolute Gasteiger partial charge is 0.497 e. The van der Waals surface area contributed by atoms with Gasteiger partial charge in [0.2, 0.25) is 0 Å². The van der Waals surface area contributed by atoms with Crippen LogP contribution in [0.1, 0.15) is 30.5 Å². The van der Waals surface area contributed by atoms with Crippen LogP contribution in [-0.4, -0.2) is 13.7 Å². The second-order valence-electron chi connectivity index (χ2n) is 6.32. The van der Waals surface area contributed by atoms with Crippen molar-refractivity contribution >= 4 is 5.69 Å². The number of ether oxygens (including phenoxy) is 1. The average Bonchev–Trinajstić information content (AvgIpc) is 2.78. The molecule has 0 amide bonds. The highest BCUT2D eigenvalue weighted by Crippen LogP contribution is 2.14. The van der Waals surface area contributed by atoms with Crippen molar-refractivity contribution in [2.45, 2.75) is 33.4 Å². The van der Waals surface area contributed by atoms with E-state index in [1.54, 1.807) is 7.11 Å². The van der Waals surface area contributed by atoms with E-state index < -0.39 is 0 Å². The molecule has 28 heavy (non-hydrogen) atoms. The molecule has 0 aliphatic carbocycles. The number of anilines is 1. The summed E-state index contributed by atoms with van der Waals surface area (Å²) < 4.78 is 5.27. The number of hydrogen-bond donors (Lipinski definition) is 2. The van der Waals surface area contributed by atoms with Gasteiger partial charge in [-0.1, -0.05) is 68.4 Å². The van der Waals surface area contributed by atoms with Crippen LogP contribution in [0.25, 0.3) is 0 Å². The summed E-state index contributed by atoms with van der Waals surface area (Å²) in [6.07, 6.45) is 0.989. The third-order valence-corrected chi connectivity index (χ3v) is 4.32. The molecule has 0 atom stereocenters. The maximum absolute atomic E-state index is 5.27. The van der Waals surface area contributed by atoms with E-state index in [1.807, 2.05) is 32.0 Å². The number of nitrogens with one attached hydrogen (secondary N) is 2. The first kappa shape index (κ1) is 21.5. The molecule has 2 N–H and O–H groups in total. The molecular weight excluding hydrogens is 344 g/mol. The Balaban J connectivity index is 0.00000136. The van der Waals surface area contributed by atoms with Gasteiger partial charge in [-0.15, -0.1) is 0 Å². The van der Waals surface area contributed by atoms with Crippen LogP contribution in [-0.2, 0) is 19.5 Å². The van der Waals surface area contributed by atoms with E-state index in [4.69, 9.17) is 4.74 Å². The van der Waals surface area contributed by atoms with E-state index >= 15 is 0 Å². The predicted molar refractivity (Wildman–Crippen MR) is 120 cm³/mol. The van der Waals surface area contributed by atoms with E-state index in [2.05, 4.69) is 71.3 Å². The van der Waals surface area contributed by atoms with Crippen LogP contribution < -0.4 is 15.4 Å². The van der Waals surface area contributed by atoms with Crippen molar-refractivity contribution in [3.63, 3.8) is 0 Å². The lowest BCUT2D eigenvalue weighted by molar-refractivity contribution is 0.414. The molecule has 0 saturated carbocycles. The summed E-state index contributed by atoms with van der Waals surface area (Å²) in [7, 11) is 1.70. The molecule has 0 aliphatic heterocycles. The van der Waals surface area contributed by atoms with Crippen LogP contribution in [0.5, 0.6) is 5.75 Å². The Morgan fingerprint density at radius 2 is 1.43 bits per heavy atom.